The summed E-state index contributed by atoms with van der Waals surface area (Å²) < 4.78 is 2.15. The molecule has 0 fully saturated rings. The van der Waals surface area contributed by atoms with Crippen LogP contribution in [0.5, 0.6) is 0 Å². The Labute approximate surface area is 168 Å². The van der Waals surface area contributed by atoms with Gasteiger partial charge in [-0.05, 0) is 42.7 Å². The molecule has 0 saturated heterocycles. The molecule has 5 heterocycles. The van der Waals surface area contributed by atoms with Gasteiger partial charge in [0.25, 0.3) is 0 Å². The second-order valence-corrected chi connectivity index (χ2v) is 7.46. The van der Waals surface area contributed by atoms with E-state index in [0.29, 0.717) is 0 Å². The van der Waals surface area contributed by atoms with Crippen LogP contribution in [0, 0.1) is 0 Å². The van der Waals surface area contributed by atoms with Gasteiger partial charge in [-0.2, -0.15) is 5.10 Å². The van der Waals surface area contributed by atoms with E-state index in [1.54, 1.807) is 0 Å². The topological polar surface area (TPSA) is 68.0 Å². The summed E-state index contributed by atoms with van der Waals surface area (Å²) >= 11 is 0. The molecule has 3 aromatic heterocycles. The van der Waals surface area contributed by atoms with Gasteiger partial charge in [0.2, 0.25) is 0 Å². The number of aryl methyl sites for hydroxylation is 1. The average molecular weight is 380 g/mol. The Morgan fingerprint density at radius 2 is 2.00 bits per heavy atom. The van der Waals surface area contributed by atoms with Crippen molar-refractivity contribution in [2.24, 2.45) is 4.99 Å². The third kappa shape index (κ3) is 2.63. The Kier molecular flexibility index (Phi) is 3.69. The first-order chi connectivity index (χ1) is 14.4. The van der Waals surface area contributed by atoms with Gasteiger partial charge in [0.1, 0.15) is 11.5 Å². The highest BCUT2D eigenvalue weighted by atomic mass is 15.3. The summed E-state index contributed by atoms with van der Waals surface area (Å²) in [5.74, 6) is 0.958. The van der Waals surface area contributed by atoms with E-state index in [9.17, 15) is 0 Å². The zero-order chi connectivity index (χ0) is 19.2. The van der Waals surface area contributed by atoms with Gasteiger partial charge in [0.05, 0.1) is 17.8 Å². The zero-order valence-corrected chi connectivity index (χ0v) is 16.0. The van der Waals surface area contributed by atoms with Crippen LogP contribution in [0.25, 0.3) is 33.4 Å². The maximum atomic E-state index is 4.93. The molecule has 4 aromatic rings. The van der Waals surface area contributed by atoms with Crippen LogP contribution in [-0.2, 0) is 13.0 Å². The van der Waals surface area contributed by atoms with Gasteiger partial charge in [-0.15, -0.1) is 0 Å². The lowest BCUT2D eigenvalue weighted by molar-refractivity contribution is 0.658. The average Bonchev–Trinajstić information content (AvgIpc) is 3.51. The molecule has 0 amide bonds. The third-order valence-electron chi connectivity index (χ3n) is 5.71. The van der Waals surface area contributed by atoms with Crippen LogP contribution in [-0.4, -0.2) is 38.7 Å². The van der Waals surface area contributed by atoms with Gasteiger partial charge >= 0.3 is 0 Å². The van der Waals surface area contributed by atoms with Crippen LogP contribution in [0.15, 0.2) is 59.9 Å². The highest BCUT2D eigenvalue weighted by Gasteiger charge is 2.25. The second kappa shape index (κ2) is 6.51. The molecule has 0 spiro atoms. The summed E-state index contributed by atoms with van der Waals surface area (Å²) in [7, 11) is 0. The molecule has 1 aromatic carbocycles. The Bertz CT molecular complexity index is 1260. The van der Waals surface area contributed by atoms with Crippen molar-refractivity contribution in [3.63, 3.8) is 0 Å². The second-order valence-electron chi connectivity index (χ2n) is 7.46. The first-order valence-electron chi connectivity index (χ1n) is 10.1. The van der Waals surface area contributed by atoms with E-state index in [4.69, 9.17) is 5.10 Å². The Hall–Kier alpha value is -3.54. The molecule has 0 unspecified atom stereocenters. The van der Waals surface area contributed by atoms with E-state index in [2.05, 4.69) is 49.2 Å². The number of hydrogen-bond donors (Lipinski definition) is 1. The number of aromatic nitrogens is 4. The first kappa shape index (κ1) is 16.4. The third-order valence-corrected chi connectivity index (χ3v) is 5.71. The minimum Gasteiger partial charge on any atom is -0.368 e. The van der Waals surface area contributed by atoms with Gasteiger partial charge in [0.15, 0.2) is 0 Å². The molecule has 0 bridgehead atoms. The zero-order valence-electron chi connectivity index (χ0n) is 16.0. The van der Waals surface area contributed by atoms with Crippen LogP contribution in [0.3, 0.4) is 0 Å². The fourth-order valence-electron chi connectivity index (χ4n) is 4.40. The molecule has 0 aliphatic carbocycles. The lowest BCUT2D eigenvalue weighted by Gasteiger charge is -2.10. The summed E-state index contributed by atoms with van der Waals surface area (Å²) in [5, 5.41) is 9.41. The van der Waals surface area contributed by atoms with E-state index < -0.39 is 0 Å². The van der Waals surface area contributed by atoms with Crippen LogP contribution in [0.2, 0.25) is 0 Å². The van der Waals surface area contributed by atoms with Gasteiger partial charge in [0, 0.05) is 47.7 Å². The molecular formula is C23H20N6. The van der Waals surface area contributed by atoms with E-state index in [1.807, 2.05) is 30.6 Å². The molecule has 0 radical (unpaired) electrons. The number of pyridine rings is 2. The lowest BCUT2D eigenvalue weighted by atomic mass is 9.96. The number of nitrogens with one attached hydrogen (secondary N) is 1. The van der Waals surface area contributed by atoms with Gasteiger partial charge in [-0.3, -0.25) is 19.6 Å². The van der Waals surface area contributed by atoms with E-state index >= 15 is 0 Å². The molecule has 1 N–H and O–H groups in total. The molecule has 6 nitrogen and oxygen atoms in total. The maximum absolute atomic E-state index is 4.93. The molecular weight excluding hydrogens is 360 g/mol. The quantitative estimate of drug-likeness (QED) is 0.591. The first-order valence-corrected chi connectivity index (χ1v) is 10.1. The molecule has 2 aliphatic rings. The van der Waals surface area contributed by atoms with Crippen molar-refractivity contribution in [1.29, 1.82) is 0 Å². The van der Waals surface area contributed by atoms with Crippen molar-refractivity contribution in [3.05, 3.63) is 66.1 Å². The van der Waals surface area contributed by atoms with Gasteiger partial charge < -0.3 is 5.32 Å². The van der Waals surface area contributed by atoms with E-state index in [1.165, 1.54) is 16.8 Å². The molecule has 0 saturated carbocycles. The number of fused-ring (bicyclic) bond motifs is 2. The summed E-state index contributed by atoms with van der Waals surface area (Å²) in [6, 6.07) is 14.5. The summed E-state index contributed by atoms with van der Waals surface area (Å²) in [6.07, 6.45) is 5.90. The van der Waals surface area contributed by atoms with Crippen LogP contribution < -0.4 is 5.32 Å². The Morgan fingerprint density at radius 1 is 1.00 bits per heavy atom. The van der Waals surface area contributed by atoms with Crippen LogP contribution >= 0.6 is 0 Å². The van der Waals surface area contributed by atoms with Crippen molar-refractivity contribution in [2.75, 3.05) is 13.1 Å². The van der Waals surface area contributed by atoms with Crippen molar-refractivity contribution >= 4 is 16.7 Å². The number of nitrogens with zero attached hydrogens (tertiary/aromatic N) is 5. The fourth-order valence-corrected chi connectivity index (χ4v) is 4.40. The molecule has 142 valence electrons. The van der Waals surface area contributed by atoms with Crippen molar-refractivity contribution in [1.82, 2.24) is 25.1 Å². The highest BCUT2D eigenvalue weighted by Crippen LogP contribution is 2.39. The van der Waals surface area contributed by atoms with Gasteiger partial charge in [-0.25, -0.2) is 0 Å². The fraction of sp³-hybridized carbons (Fsp3) is 0.217. The maximum Gasteiger partial charge on any atom is 0.128 e. The van der Waals surface area contributed by atoms with Gasteiger partial charge in [-0.1, -0.05) is 18.2 Å². The summed E-state index contributed by atoms with van der Waals surface area (Å²) in [6.45, 7) is 2.70. The van der Waals surface area contributed by atoms with Crippen LogP contribution in [0.4, 0.5) is 0 Å². The standard InChI is InChI=1S/C23H20N6/c1-2-9-24-18(4-1)22-21(20-5-3-13-29(20)28-22)17-8-10-25-19-14-15(6-7-16(17)19)23-26-11-12-27-23/h1-2,4,6-10,14H,3,5,11-13H2,(H,26,27). The predicted molar refractivity (Wildman–Crippen MR) is 114 cm³/mol. The van der Waals surface area contributed by atoms with Crippen molar-refractivity contribution in [2.45, 2.75) is 19.4 Å². The normalized spacial score (nSPS) is 15.4. The SMILES string of the molecule is c1ccc(-c2nn3c(c2-c2ccnc4cc(C5=NCCN5)ccc24)CCC3)nc1. The molecule has 6 rings (SSSR count). The minimum absolute atomic E-state index is 0.830. The highest BCUT2D eigenvalue weighted by molar-refractivity contribution is 6.05. The number of rotatable bonds is 3. The minimum atomic E-state index is 0.830. The monoisotopic (exact) mass is 380 g/mol. The molecule has 29 heavy (non-hydrogen) atoms. The number of aliphatic imine (C=N–C) groups is 1. The largest absolute Gasteiger partial charge is 0.368 e. The summed E-state index contributed by atoms with van der Waals surface area (Å²) in [5.41, 5.74) is 7.59. The number of hydrogen-bond acceptors (Lipinski definition) is 5. The summed E-state index contributed by atoms with van der Waals surface area (Å²) in [4.78, 5) is 13.8. The smallest absolute Gasteiger partial charge is 0.128 e. The predicted octanol–water partition coefficient (Wildman–Crippen LogP) is 3.46. The Balaban J connectivity index is 1.57. The Morgan fingerprint density at radius 3 is 2.86 bits per heavy atom. The van der Waals surface area contributed by atoms with Crippen LogP contribution in [0.1, 0.15) is 17.7 Å². The number of benzene rings is 1. The van der Waals surface area contributed by atoms with E-state index in [0.717, 1.165) is 66.2 Å². The van der Waals surface area contributed by atoms with Crippen molar-refractivity contribution < 1.29 is 0 Å². The molecule has 2 aliphatic heterocycles. The van der Waals surface area contributed by atoms with Crippen molar-refractivity contribution in [3.8, 4) is 22.5 Å². The van der Waals surface area contributed by atoms with E-state index in [-0.39, 0.29) is 0 Å². The molecule has 6 heteroatoms. The molecule has 0 atom stereocenters. The number of amidine groups is 1. The lowest BCUT2D eigenvalue weighted by Crippen LogP contribution is -2.19.